The molecule has 0 spiro atoms. The number of nitrogens with one attached hydrogen (secondary N) is 1. The molecule has 0 unspecified atom stereocenters. The summed E-state index contributed by atoms with van der Waals surface area (Å²) in [7, 11) is 0. The molecule has 0 saturated heterocycles. The van der Waals surface area contributed by atoms with Gasteiger partial charge in [-0.1, -0.05) is 17.3 Å². The van der Waals surface area contributed by atoms with E-state index < -0.39 is 5.91 Å². The van der Waals surface area contributed by atoms with Gasteiger partial charge in [0.1, 0.15) is 10.6 Å². The Morgan fingerprint density at radius 1 is 1.28 bits per heavy atom. The van der Waals surface area contributed by atoms with Crippen LogP contribution in [0, 0.1) is 6.92 Å². The molecule has 5 rings (SSSR count). The Hall–Kier alpha value is -3.30. The molecule has 8 nitrogen and oxygen atoms in total. The third-order valence-corrected chi connectivity index (χ3v) is 5.77. The van der Waals surface area contributed by atoms with Gasteiger partial charge in [0.2, 0.25) is 0 Å². The predicted octanol–water partition coefficient (Wildman–Crippen LogP) is 3.54. The maximum atomic E-state index is 12.9. The highest BCUT2D eigenvalue weighted by Crippen LogP contribution is 2.42. The zero-order valence-electron chi connectivity index (χ0n) is 15.4. The molecule has 1 aromatic carbocycles. The molecular formula is C20H15N3O5S. The van der Waals surface area contributed by atoms with Crippen LogP contribution in [0.4, 0.5) is 5.00 Å². The molecule has 0 bridgehead atoms. The topological polar surface area (TPSA) is 107 Å². The molecule has 1 amide bonds. The number of ether oxygens (including phenoxy) is 1. The van der Waals surface area contributed by atoms with E-state index in [0.29, 0.717) is 52.9 Å². The Labute approximate surface area is 168 Å². The van der Waals surface area contributed by atoms with Crippen molar-refractivity contribution in [1.82, 2.24) is 10.1 Å². The molecule has 1 N–H and O–H groups in total. The lowest BCUT2D eigenvalue weighted by molar-refractivity contribution is 0.0997. The van der Waals surface area contributed by atoms with Crippen LogP contribution in [0.3, 0.4) is 0 Å². The van der Waals surface area contributed by atoms with Gasteiger partial charge >= 0.3 is 0 Å². The van der Waals surface area contributed by atoms with E-state index in [1.54, 1.807) is 31.2 Å². The monoisotopic (exact) mass is 409 g/mol. The second-order valence-corrected chi connectivity index (χ2v) is 7.69. The number of rotatable bonds is 3. The second-order valence-electron chi connectivity index (χ2n) is 6.58. The van der Waals surface area contributed by atoms with Crippen molar-refractivity contribution in [2.24, 2.45) is 0 Å². The Morgan fingerprint density at radius 3 is 2.97 bits per heavy atom. The van der Waals surface area contributed by atoms with Crippen molar-refractivity contribution >= 4 is 33.2 Å². The van der Waals surface area contributed by atoms with Gasteiger partial charge in [0.15, 0.2) is 17.0 Å². The summed E-state index contributed by atoms with van der Waals surface area (Å²) in [6.07, 6.45) is 0.684. The summed E-state index contributed by atoms with van der Waals surface area (Å²) in [5.74, 6) is 0.260. The number of fused-ring (bicyclic) bond motifs is 2. The number of hydrogen-bond donors (Lipinski definition) is 1. The predicted molar refractivity (Wildman–Crippen MR) is 106 cm³/mol. The third-order valence-electron chi connectivity index (χ3n) is 4.65. The van der Waals surface area contributed by atoms with Crippen LogP contribution in [0.5, 0.6) is 0 Å². The first-order valence-corrected chi connectivity index (χ1v) is 9.79. The molecular weight excluding hydrogens is 394 g/mol. The molecule has 1 aliphatic rings. The van der Waals surface area contributed by atoms with Crippen molar-refractivity contribution in [3.05, 3.63) is 62.6 Å². The minimum absolute atomic E-state index is 0.0658. The molecule has 146 valence electrons. The lowest BCUT2D eigenvalue weighted by Crippen LogP contribution is -2.15. The molecule has 9 heteroatoms. The van der Waals surface area contributed by atoms with E-state index >= 15 is 0 Å². The van der Waals surface area contributed by atoms with Crippen molar-refractivity contribution in [3.63, 3.8) is 0 Å². The Morgan fingerprint density at radius 2 is 2.14 bits per heavy atom. The van der Waals surface area contributed by atoms with Gasteiger partial charge in [-0.2, -0.15) is 4.98 Å². The number of aromatic nitrogens is 2. The highest BCUT2D eigenvalue weighted by Gasteiger charge is 2.27. The molecule has 0 fully saturated rings. The lowest BCUT2D eigenvalue weighted by atomic mass is 10.1. The van der Waals surface area contributed by atoms with Crippen LogP contribution in [0.15, 0.2) is 44.1 Å². The summed E-state index contributed by atoms with van der Waals surface area (Å²) in [4.78, 5) is 30.5. The van der Waals surface area contributed by atoms with Crippen LogP contribution in [0.1, 0.15) is 26.8 Å². The highest BCUT2D eigenvalue weighted by atomic mass is 32.1. The van der Waals surface area contributed by atoms with Gasteiger partial charge < -0.3 is 19.0 Å². The largest absolute Gasteiger partial charge is 0.451 e. The number of carbonyl (C=O) groups is 1. The summed E-state index contributed by atoms with van der Waals surface area (Å²) in [5.41, 5.74) is 1.81. The zero-order valence-corrected chi connectivity index (χ0v) is 16.2. The Kier molecular flexibility index (Phi) is 4.26. The maximum absolute atomic E-state index is 12.9. The summed E-state index contributed by atoms with van der Waals surface area (Å²) in [5, 5.41) is 7.69. The number of aryl methyl sites for hydroxylation is 1. The quantitative estimate of drug-likeness (QED) is 0.551. The average Bonchev–Trinajstić information content (AvgIpc) is 3.30. The number of hydrogen-bond acceptors (Lipinski definition) is 8. The first-order chi connectivity index (χ1) is 14.1. The first-order valence-electron chi connectivity index (χ1n) is 8.97. The number of para-hydroxylation sites is 1. The summed E-state index contributed by atoms with van der Waals surface area (Å²) in [6, 6.07) is 8.00. The van der Waals surface area contributed by atoms with E-state index in [1.165, 1.54) is 17.4 Å². The van der Waals surface area contributed by atoms with Gasteiger partial charge in [-0.3, -0.25) is 9.59 Å². The van der Waals surface area contributed by atoms with Crippen LogP contribution >= 0.6 is 11.3 Å². The van der Waals surface area contributed by atoms with E-state index in [0.717, 1.165) is 10.4 Å². The standard InChI is InChI=1S/C20H15N3O5S/c1-10-21-19(28-23-10)17-12-6-7-26-9-16(12)29-20(17)22-18(25)15-8-13(24)11-4-2-3-5-14(11)27-15/h2-5,8H,6-7,9H2,1H3,(H,22,25). The van der Waals surface area contributed by atoms with E-state index in [9.17, 15) is 9.59 Å². The van der Waals surface area contributed by atoms with E-state index in [4.69, 9.17) is 13.7 Å². The molecule has 0 saturated carbocycles. The van der Waals surface area contributed by atoms with Gasteiger partial charge in [0.05, 0.1) is 24.2 Å². The van der Waals surface area contributed by atoms with Crippen LogP contribution in [0.25, 0.3) is 22.4 Å². The number of benzene rings is 1. The fourth-order valence-corrected chi connectivity index (χ4v) is 4.50. The summed E-state index contributed by atoms with van der Waals surface area (Å²) < 4.78 is 16.5. The molecule has 0 aliphatic carbocycles. The second kappa shape index (κ2) is 6.94. The summed E-state index contributed by atoms with van der Waals surface area (Å²) in [6.45, 7) is 2.77. The normalized spacial score (nSPS) is 13.4. The minimum Gasteiger partial charge on any atom is -0.451 e. The van der Waals surface area contributed by atoms with Crippen molar-refractivity contribution in [1.29, 1.82) is 0 Å². The highest BCUT2D eigenvalue weighted by molar-refractivity contribution is 7.17. The zero-order chi connectivity index (χ0) is 20.0. The van der Waals surface area contributed by atoms with Crippen molar-refractivity contribution < 1.29 is 18.5 Å². The van der Waals surface area contributed by atoms with Crippen LogP contribution in [-0.2, 0) is 17.8 Å². The molecule has 1 aliphatic heterocycles. The van der Waals surface area contributed by atoms with Crippen LogP contribution in [0.2, 0.25) is 0 Å². The van der Waals surface area contributed by atoms with E-state index in [1.807, 2.05) is 0 Å². The van der Waals surface area contributed by atoms with Crippen LogP contribution < -0.4 is 10.7 Å². The van der Waals surface area contributed by atoms with Gasteiger partial charge in [0, 0.05) is 10.9 Å². The molecule has 4 heterocycles. The average molecular weight is 409 g/mol. The molecule has 0 atom stereocenters. The van der Waals surface area contributed by atoms with Gasteiger partial charge in [-0.15, -0.1) is 11.3 Å². The molecule has 0 radical (unpaired) electrons. The van der Waals surface area contributed by atoms with Crippen molar-refractivity contribution in [2.45, 2.75) is 20.0 Å². The number of anilines is 1. The van der Waals surface area contributed by atoms with Crippen LogP contribution in [-0.4, -0.2) is 22.7 Å². The first kappa shape index (κ1) is 17.8. The fourth-order valence-electron chi connectivity index (χ4n) is 3.33. The van der Waals surface area contributed by atoms with Gasteiger partial charge in [-0.05, 0) is 31.0 Å². The lowest BCUT2D eigenvalue weighted by Gasteiger charge is -2.12. The van der Waals surface area contributed by atoms with Crippen molar-refractivity contribution in [3.8, 4) is 11.5 Å². The smallest absolute Gasteiger partial charge is 0.292 e. The Balaban J connectivity index is 1.56. The molecule has 3 aromatic heterocycles. The maximum Gasteiger partial charge on any atom is 0.292 e. The number of carbonyl (C=O) groups excluding carboxylic acids is 1. The summed E-state index contributed by atoms with van der Waals surface area (Å²) >= 11 is 1.39. The Bertz CT molecular complexity index is 1300. The molecule has 4 aromatic rings. The number of amides is 1. The number of nitrogens with zero attached hydrogens (tertiary/aromatic N) is 2. The third kappa shape index (κ3) is 3.14. The van der Waals surface area contributed by atoms with Gasteiger partial charge in [0.25, 0.3) is 11.8 Å². The fraction of sp³-hybridized carbons (Fsp3) is 0.200. The van der Waals surface area contributed by atoms with Crippen molar-refractivity contribution in [2.75, 3.05) is 11.9 Å². The van der Waals surface area contributed by atoms with E-state index in [-0.39, 0.29) is 11.2 Å². The minimum atomic E-state index is -0.523. The number of thiophene rings is 1. The van der Waals surface area contributed by atoms with Gasteiger partial charge in [-0.25, -0.2) is 0 Å². The molecule has 29 heavy (non-hydrogen) atoms. The SMILES string of the molecule is Cc1noc(-c2c(NC(=O)c3cc(=O)c4ccccc4o3)sc3c2CCOC3)n1. The van der Waals surface area contributed by atoms with E-state index in [2.05, 4.69) is 15.5 Å².